The summed E-state index contributed by atoms with van der Waals surface area (Å²) in [4.78, 5) is 50.7. The van der Waals surface area contributed by atoms with Gasteiger partial charge in [-0.2, -0.15) is 0 Å². The molecule has 5 rings (SSSR count). The second-order valence-electron chi connectivity index (χ2n) is 14.5. The zero-order chi connectivity index (χ0) is 40.5. The van der Waals surface area contributed by atoms with Crippen molar-refractivity contribution in [2.24, 2.45) is 5.92 Å². The first-order chi connectivity index (χ1) is 26.7. The predicted octanol–water partition coefficient (Wildman–Crippen LogP) is 2.97. The van der Waals surface area contributed by atoms with E-state index < -0.39 is 60.7 Å². The second kappa shape index (κ2) is 19.9. The molecule has 3 saturated heterocycles. The molecule has 3 N–H and O–H groups in total. The van der Waals surface area contributed by atoms with Crippen molar-refractivity contribution < 1.29 is 62.5 Å². The van der Waals surface area contributed by atoms with Crippen molar-refractivity contribution in [1.29, 1.82) is 0 Å². The summed E-state index contributed by atoms with van der Waals surface area (Å²) in [6.45, 7) is 8.85. The molecule has 3 fully saturated rings. The summed E-state index contributed by atoms with van der Waals surface area (Å²) >= 11 is 5.68. The Hall–Kier alpha value is -4.03. The van der Waals surface area contributed by atoms with Crippen LogP contribution in [0.25, 0.3) is 0 Å². The van der Waals surface area contributed by atoms with E-state index in [-0.39, 0.29) is 43.9 Å². The van der Waals surface area contributed by atoms with Gasteiger partial charge in [0.05, 0.1) is 29.9 Å². The lowest BCUT2D eigenvalue weighted by molar-refractivity contribution is -0.276. The van der Waals surface area contributed by atoms with Gasteiger partial charge in [0, 0.05) is 71.8 Å². The van der Waals surface area contributed by atoms with Crippen molar-refractivity contribution >= 4 is 41.1 Å². The van der Waals surface area contributed by atoms with Gasteiger partial charge in [-0.15, -0.1) is 0 Å². The van der Waals surface area contributed by atoms with Crippen LogP contribution in [0.5, 0.6) is 0 Å². The lowest BCUT2D eigenvalue weighted by Crippen LogP contribution is -2.62. The first-order valence-electron chi connectivity index (χ1n) is 18.8. The Bertz CT molecular complexity index is 1670. The summed E-state index contributed by atoms with van der Waals surface area (Å²) in [7, 11) is 0. The summed E-state index contributed by atoms with van der Waals surface area (Å²) in [5.41, 5.74) is 3.51. The SMILES string of the molecule is CC(=O)OC[C@H]1O[C@@H](CC(=S)NCc2ccc(C3O[C@H](CN4CC[C@@H](O)C4)[C@H](C)[C@H](c4ccc(CO)cc4)O3)cc2)[C@H](OC(C)=O)[C@@H](OC(C)=O)[C@@H]1OC(C)=O. The van der Waals surface area contributed by atoms with Crippen LogP contribution >= 0.6 is 12.2 Å². The third-order valence-electron chi connectivity index (χ3n) is 10.0. The average Bonchev–Trinajstić information content (AvgIpc) is 3.57. The smallest absolute Gasteiger partial charge is 0.303 e. The molecular formula is C40H52N2O13S. The first kappa shape index (κ1) is 43.1. The molecule has 2 aromatic carbocycles. The number of benzene rings is 2. The molecule has 15 nitrogen and oxygen atoms in total. The molecular weight excluding hydrogens is 749 g/mol. The van der Waals surface area contributed by atoms with Crippen LogP contribution in [-0.2, 0) is 65.5 Å². The maximum absolute atomic E-state index is 12.2. The standard InChI is InChI=1S/C40H52N2O13S/c1-22-33(19-42-15-14-31(48)18-42)54-40(55-36(22)29-10-8-28(20-43)9-11-29)30-12-6-27(7-13-30)17-41-35(56)16-32-37(50-24(3)45)39(52-26(5)47)38(51-25(4)46)34(53-32)21-49-23(2)44/h6-13,22,31-34,36-40,43,48H,14-21H2,1-5H3,(H,41,56)/t22-,31+,32-,33+,34+,36+,37-,38+,39+,40?/m0/s1. The number of thiocarbonyl (C=S) groups is 1. The third kappa shape index (κ3) is 11.8. The van der Waals surface area contributed by atoms with E-state index in [9.17, 15) is 29.4 Å². The Balaban J connectivity index is 1.27. The number of likely N-dealkylation sites (tertiary alicyclic amines) is 1. The number of hydrogen-bond donors (Lipinski definition) is 3. The highest BCUT2D eigenvalue weighted by Crippen LogP contribution is 2.42. The number of rotatable bonds is 14. The van der Waals surface area contributed by atoms with E-state index in [0.29, 0.717) is 24.6 Å². The van der Waals surface area contributed by atoms with Gasteiger partial charge in [0.25, 0.3) is 0 Å². The molecule has 306 valence electrons. The molecule has 0 saturated carbocycles. The zero-order valence-corrected chi connectivity index (χ0v) is 33.1. The van der Waals surface area contributed by atoms with Crippen LogP contribution in [0, 0.1) is 5.92 Å². The first-order valence-corrected chi connectivity index (χ1v) is 19.2. The van der Waals surface area contributed by atoms with Crippen molar-refractivity contribution in [3.8, 4) is 0 Å². The Morgan fingerprint density at radius 3 is 1.95 bits per heavy atom. The van der Waals surface area contributed by atoms with E-state index in [1.54, 1.807) is 0 Å². The van der Waals surface area contributed by atoms with Crippen LogP contribution in [-0.4, -0.2) is 113 Å². The number of carbonyl (C=O) groups is 4. The Morgan fingerprint density at radius 1 is 0.786 bits per heavy atom. The molecule has 3 aliphatic heterocycles. The van der Waals surface area contributed by atoms with Gasteiger partial charge < -0.3 is 48.7 Å². The summed E-state index contributed by atoms with van der Waals surface area (Å²) in [5.74, 6) is -2.71. The van der Waals surface area contributed by atoms with Crippen molar-refractivity contribution in [1.82, 2.24) is 10.2 Å². The second-order valence-corrected chi connectivity index (χ2v) is 15.0. The van der Waals surface area contributed by atoms with Gasteiger partial charge in [-0.05, 0) is 23.1 Å². The van der Waals surface area contributed by atoms with Crippen LogP contribution in [0.2, 0.25) is 0 Å². The molecule has 10 atom stereocenters. The molecule has 3 aliphatic rings. The summed E-state index contributed by atoms with van der Waals surface area (Å²) in [6.07, 6.45) is -6.45. The quantitative estimate of drug-likeness (QED) is 0.144. The van der Waals surface area contributed by atoms with Gasteiger partial charge in [-0.3, -0.25) is 24.1 Å². The number of aliphatic hydroxyl groups is 2. The number of β-amino-alcohol motifs (C(OH)–C–C–N with tert-alkyl or cyclic N) is 1. The highest BCUT2D eigenvalue weighted by atomic mass is 32.1. The molecule has 3 heterocycles. The summed E-state index contributed by atoms with van der Waals surface area (Å²) in [6, 6.07) is 15.5. The minimum Gasteiger partial charge on any atom is -0.463 e. The number of esters is 4. The minimum atomic E-state index is -1.27. The predicted molar refractivity (Wildman–Crippen MR) is 202 cm³/mol. The minimum absolute atomic E-state index is 0.0100. The molecule has 0 aliphatic carbocycles. The largest absolute Gasteiger partial charge is 0.463 e. The summed E-state index contributed by atoms with van der Waals surface area (Å²) in [5, 5.41) is 22.9. The molecule has 1 unspecified atom stereocenters. The Kier molecular flexibility index (Phi) is 15.3. The third-order valence-corrected chi connectivity index (χ3v) is 10.3. The Morgan fingerprint density at radius 2 is 1.38 bits per heavy atom. The van der Waals surface area contributed by atoms with Crippen LogP contribution in [0.1, 0.15) is 82.1 Å². The molecule has 0 aromatic heterocycles. The zero-order valence-electron chi connectivity index (χ0n) is 32.3. The Labute approximate surface area is 331 Å². The topological polar surface area (TPSA) is 189 Å². The summed E-state index contributed by atoms with van der Waals surface area (Å²) < 4.78 is 41.1. The van der Waals surface area contributed by atoms with Crippen LogP contribution < -0.4 is 5.32 Å². The van der Waals surface area contributed by atoms with Gasteiger partial charge in [0.15, 0.2) is 24.6 Å². The normalized spacial score (nSPS) is 29.2. The van der Waals surface area contributed by atoms with Crippen LogP contribution in [0.15, 0.2) is 48.5 Å². The average molecular weight is 801 g/mol. The van der Waals surface area contributed by atoms with Gasteiger partial charge in [0.2, 0.25) is 0 Å². The molecule has 0 radical (unpaired) electrons. The van der Waals surface area contributed by atoms with Crippen LogP contribution in [0.4, 0.5) is 0 Å². The maximum Gasteiger partial charge on any atom is 0.303 e. The van der Waals surface area contributed by atoms with E-state index in [2.05, 4.69) is 17.1 Å². The van der Waals surface area contributed by atoms with E-state index in [0.717, 1.165) is 42.1 Å². The molecule has 0 amide bonds. The number of ether oxygens (including phenoxy) is 7. The maximum atomic E-state index is 12.2. The molecule has 2 aromatic rings. The van der Waals surface area contributed by atoms with E-state index in [1.807, 2.05) is 48.5 Å². The van der Waals surface area contributed by atoms with Crippen molar-refractivity contribution in [3.05, 3.63) is 70.8 Å². The molecule has 56 heavy (non-hydrogen) atoms. The van der Waals surface area contributed by atoms with Crippen molar-refractivity contribution in [2.75, 3.05) is 26.2 Å². The highest BCUT2D eigenvalue weighted by Gasteiger charge is 2.52. The molecule has 16 heteroatoms. The number of nitrogens with one attached hydrogen (secondary N) is 1. The van der Waals surface area contributed by atoms with Gasteiger partial charge >= 0.3 is 23.9 Å². The van der Waals surface area contributed by atoms with Crippen molar-refractivity contribution in [3.63, 3.8) is 0 Å². The van der Waals surface area contributed by atoms with Crippen molar-refractivity contribution in [2.45, 2.75) is 116 Å². The fourth-order valence-corrected chi connectivity index (χ4v) is 7.53. The molecule has 0 bridgehead atoms. The number of nitrogens with zero attached hydrogens (tertiary/aromatic N) is 1. The fourth-order valence-electron chi connectivity index (χ4n) is 7.29. The fraction of sp³-hybridized carbons (Fsp3) is 0.575. The van der Waals surface area contributed by atoms with Crippen LogP contribution in [0.3, 0.4) is 0 Å². The molecule has 0 spiro atoms. The highest BCUT2D eigenvalue weighted by molar-refractivity contribution is 7.80. The van der Waals surface area contributed by atoms with E-state index in [4.69, 9.17) is 45.4 Å². The van der Waals surface area contributed by atoms with Gasteiger partial charge in [-0.1, -0.05) is 67.7 Å². The number of carbonyl (C=O) groups excluding carboxylic acids is 4. The lowest BCUT2D eigenvalue weighted by atomic mass is 9.90. The number of hydrogen-bond acceptors (Lipinski definition) is 15. The van der Waals surface area contributed by atoms with E-state index in [1.165, 1.54) is 20.8 Å². The van der Waals surface area contributed by atoms with Gasteiger partial charge in [0.1, 0.15) is 18.8 Å². The number of aliphatic hydroxyl groups excluding tert-OH is 2. The van der Waals surface area contributed by atoms with E-state index >= 15 is 0 Å². The monoisotopic (exact) mass is 800 g/mol. The van der Waals surface area contributed by atoms with Gasteiger partial charge in [-0.25, -0.2) is 0 Å². The lowest BCUT2D eigenvalue weighted by Gasteiger charge is -2.44.